The molecular weight excluding hydrogens is 254 g/mol. The summed E-state index contributed by atoms with van der Waals surface area (Å²) < 4.78 is 0. The summed E-state index contributed by atoms with van der Waals surface area (Å²) >= 11 is 5.84. The van der Waals surface area contributed by atoms with Crippen molar-refractivity contribution in [3.63, 3.8) is 0 Å². The molecule has 0 radical (unpaired) electrons. The minimum Gasteiger partial charge on any atom is -0.316 e. The lowest BCUT2D eigenvalue weighted by Gasteiger charge is -2.15. The molecule has 0 aliphatic carbocycles. The highest BCUT2D eigenvalue weighted by atomic mass is 35.5. The molecule has 0 aromatic carbocycles. The third kappa shape index (κ3) is 14.5. The number of rotatable bonds is 15. The van der Waals surface area contributed by atoms with Gasteiger partial charge in [0.05, 0.1) is 0 Å². The van der Waals surface area contributed by atoms with Crippen LogP contribution in [0.2, 0.25) is 0 Å². The molecule has 0 saturated carbocycles. The Kier molecular flexibility index (Phi) is 16.5. The highest BCUT2D eigenvalue weighted by Gasteiger charge is 2.05. The Morgan fingerprint density at radius 2 is 1.42 bits per heavy atom. The molecule has 1 unspecified atom stereocenters. The lowest BCUT2D eigenvalue weighted by molar-refractivity contribution is 0.426. The van der Waals surface area contributed by atoms with E-state index in [9.17, 15) is 0 Å². The molecule has 1 N–H and O–H groups in total. The van der Waals surface area contributed by atoms with Crippen LogP contribution in [0.3, 0.4) is 0 Å². The van der Waals surface area contributed by atoms with Crippen molar-refractivity contribution in [3.05, 3.63) is 0 Å². The Morgan fingerprint density at radius 1 is 0.789 bits per heavy atom. The van der Waals surface area contributed by atoms with Crippen LogP contribution in [0.15, 0.2) is 0 Å². The summed E-state index contributed by atoms with van der Waals surface area (Å²) in [5, 5.41) is 3.61. The smallest absolute Gasteiger partial charge is 0.0226 e. The first-order chi connectivity index (χ1) is 9.35. The maximum absolute atomic E-state index is 5.84. The third-order valence-electron chi connectivity index (χ3n) is 3.85. The zero-order valence-electron chi connectivity index (χ0n) is 13.4. The zero-order valence-corrected chi connectivity index (χ0v) is 14.1. The van der Waals surface area contributed by atoms with Crippen molar-refractivity contribution >= 4 is 11.6 Å². The van der Waals surface area contributed by atoms with Gasteiger partial charge in [-0.2, -0.15) is 0 Å². The highest BCUT2D eigenvalue weighted by Crippen LogP contribution is 2.11. The fourth-order valence-corrected chi connectivity index (χ4v) is 2.91. The number of hydrogen-bond acceptors (Lipinski definition) is 1. The molecule has 0 bridgehead atoms. The first-order valence-electron chi connectivity index (χ1n) is 8.61. The molecule has 0 spiro atoms. The molecule has 1 nitrogen and oxygen atoms in total. The molecule has 1 atom stereocenters. The van der Waals surface area contributed by atoms with E-state index in [0.29, 0.717) is 0 Å². The quantitative estimate of drug-likeness (QED) is 0.298. The number of nitrogens with one attached hydrogen (secondary N) is 1. The molecule has 0 amide bonds. The van der Waals surface area contributed by atoms with E-state index in [-0.39, 0.29) is 0 Å². The van der Waals surface area contributed by atoms with Crippen molar-refractivity contribution in [2.24, 2.45) is 5.92 Å². The summed E-state index contributed by atoms with van der Waals surface area (Å²) in [6.45, 7) is 6.90. The second-order valence-corrected chi connectivity index (χ2v) is 6.19. The van der Waals surface area contributed by atoms with Crippen molar-refractivity contribution in [3.8, 4) is 0 Å². The Balaban J connectivity index is 3.20. The topological polar surface area (TPSA) is 12.0 Å². The average Bonchev–Trinajstić information content (AvgIpc) is 2.41. The Labute approximate surface area is 126 Å². The maximum atomic E-state index is 5.84. The van der Waals surface area contributed by atoms with E-state index in [4.69, 9.17) is 11.6 Å². The van der Waals surface area contributed by atoms with E-state index < -0.39 is 0 Å². The second kappa shape index (κ2) is 16.3. The van der Waals surface area contributed by atoms with Gasteiger partial charge in [-0.1, -0.05) is 65.2 Å². The molecule has 0 heterocycles. The predicted molar refractivity (Wildman–Crippen MR) is 89.2 cm³/mol. The number of hydrogen-bond donors (Lipinski definition) is 1. The first-order valence-corrected chi connectivity index (χ1v) is 9.15. The van der Waals surface area contributed by atoms with Crippen LogP contribution in [0.5, 0.6) is 0 Å². The van der Waals surface area contributed by atoms with Gasteiger partial charge in [0.2, 0.25) is 0 Å². The van der Waals surface area contributed by atoms with E-state index in [1.165, 1.54) is 77.2 Å². The van der Waals surface area contributed by atoms with Crippen LogP contribution < -0.4 is 5.32 Å². The van der Waals surface area contributed by atoms with Gasteiger partial charge < -0.3 is 5.32 Å². The van der Waals surface area contributed by atoms with Crippen molar-refractivity contribution in [2.45, 2.75) is 84.5 Å². The van der Waals surface area contributed by atoms with Crippen LogP contribution in [0.25, 0.3) is 0 Å². The van der Waals surface area contributed by atoms with E-state index in [1.54, 1.807) is 0 Å². The van der Waals surface area contributed by atoms with Crippen molar-refractivity contribution < 1.29 is 0 Å². The van der Waals surface area contributed by atoms with Gasteiger partial charge in [-0.05, 0) is 38.3 Å². The second-order valence-electron chi connectivity index (χ2n) is 5.81. The Bertz CT molecular complexity index is 155. The Morgan fingerprint density at radius 3 is 2.00 bits per heavy atom. The standard InChI is InChI=1S/C17H36ClN/c1-3-5-6-7-8-9-10-11-15-19-16-17(12-4-2)13-14-18/h17,19H,3-16H2,1-2H3. The van der Waals surface area contributed by atoms with Crippen LogP contribution in [0.1, 0.15) is 84.5 Å². The van der Waals surface area contributed by atoms with Crippen molar-refractivity contribution in [1.29, 1.82) is 0 Å². The van der Waals surface area contributed by atoms with E-state index in [1.807, 2.05) is 0 Å². The molecular formula is C17H36ClN. The predicted octanol–water partition coefficient (Wildman–Crippen LogP) is 5.76. The minimum absolute atomic E-state index is 0.788. The van der Waals surface area contributed by atoms with E-state index in [2.05, 4.69) is 19.2 Å². The van der Waals surface area contributed by atoms with Gasteiger partial charge in [0.1, 0.15) is 0 Å². The van der Waals surface area contributed by atoms with Gasteiger partial charge in [0, 0.05) is 5.88 Å². The third-order valence-corrected chi connectivity index (χ3v) is 4.07. The largest absolute Gasteiger partial charge is 0.316 e. The molecule has 0 fully saturated rings. The summed E-state index contributed by atoms with van der Waals surface area (Å²) in [6, 6.07) is 0. The van der Waals surface area contributed by atoms with Gasteiger partial charge in [-0.25, -0.2) is 0 Å². The van der Waals surface area contributed by atoms with Crippen LogP contribution in [0.4, 0.5) is 0 Å². The molecule has 0 aliphatic heterocycles. The molecule has 0 saturated heterocycles. The number of unbranched alkanes of at least 4 members (excludes halogenated alkanes) is 7. The number of alkyl halides is 1. The molecule has 116 valence electrons. The highest BCUT2D eigenvalue weighted by molar-refractivity contribution is 6.17. The minimum atomic E-state index is 0.788. The Hall–Kier alpha value is 0.250. The number of halogens is 1. The molecule has 0 rings (SSSR count). The van der Waals surface area contributed by atoms with Gasteiger partial charge in [0.15, 0.2) is 0 Å². The van der Waals surface area contributed by atoms with Crippen molar-refractivity contribution in [2.75, 3.05) is 19.0 Å². The lowest BCUT2D eigenvalue weighted by Crippen LogP contribution is -2.24. The van der Waals surface area contributed by atoms with Gasteiger partial charge >= 0.3 is 0 Å². The summed E-state index contributed by atoms with van der Waals surface area (Å²) in [7, 11) is 0. The fraction of sp³-hybridized carbons (Fsp3) is 1.00. The monoisotopic (exact) mass is 289 g/mol. The summed E-state index contributed by atoms with van der Waals surface area (Å²) in [6.07, 6.45) is 15.0. The molecule has 2 heteroatoms. The van der Waals surface area contributed by atoms with Crippen molar-refractivity contribution in [1.82, 2.24) is 5.32 Å². The lowest BCUT2D eigenvalue weighted by atomic mass is 10.0. The van der Waals surface area contributed by atoms with Gasteiger partial charge in [-0.3, -0.25) is 0 Å². The summed E-state index contributed by atoms with van der Waals surface area (Å²) in [5.74, 6) is 1.60. The van der Waals surface area contributed by atoms with Gasteiger partial charge in [0.25, 0.3) is 0 Å². The normalized spacial score (nSPS) is 12.8. The summed E-state index contributed by atoms with van der Waals surface area (Å²) in [5.41, 5.74) is 0. The van der Waals surface area contributed by atoms with E-state index in [0.717, 1.165) is 18.3 Å². The molecule has 0 aromatic heterocycles. The van der Waals surface area contributed by atoms with Gasteiger partial charge in [-0.15, -0.1) is 11.6 Å². The molecule has 19 heavy (non-hydrogen) atoms. The SMILES string of the molecule is CCCCCCCCCCNCC(CCC)CCCl. The van der Waals surface area contributed by atoms with Crippen LogP contribution in [-0.2, 0) is 0 Å². The van der Waals surface area contributed by atoms with Crippen LogP contribution in [-0.4, -0.2) is 19.0 Å². The fourth-order valence-electron chi connectivity index (χ4n) is 2.60. The maximum Gasteiger partial charge on any atom is 0.0226 e. The average molecular weight is 290 g/mol. The first kappa shape index (κ1) is 19.2. The van der Waals surface area contributed by atoms with E-state index >= 15 is 0 Å². The van der Waals surface area contributed by atoms with Crippen LogP contribution in [0, 0.1) is 5.92 Å². The molecule has 0 aromatic rings. The molecule has 0 aliphatic rings. The zero-order chi connectivity index (χ0) is 14.2. The summed E-state index contributed by atoms with van der Waals surface area (Å²) in [4.78, 5) is 0. The van der Waals surface area contributed by atoms with Crippen LogP contribution >= 0.6 is 11.6 Å².